The summed E-state index contributed by atoms with van der Waals surface area (Å²) < 4.78 is 0. The molecule has 0 aliphatic carbocycles. The van der Waals surface area contributed by atoms with Gasteiger partial charge in [0.2, 0.25) is 23.5 Å². The van der Waals surface area contributed by atoms with Gasteiger partial charge in [-0.15, -0.1) is 0 Å². The van der Waals surface area contributed by atoms with E-state index < -0.39 is 42.0 Å². The first-order chi connectivity index (χ1) is 17.7. The summed E-state index contributed by atoms with van der Waals surface area (Å²) in [4.78, 5) is 74.3. The third-order valence-electron chi connectivity index (χ3n) is 5.78. The zero-order chi connectivity index (χ0) is 26.8. The van der Waals surface area contributed by atoms with Crippen LogP contribution in [0.2, 0.25) is 0 Å². The highest BCUT2D eigenvalue weighted by atomic mass is 16.2. The molecule has 11 nitrogen and oxygen atoms in total. The van der Waals surface area contributed by atoms with Gasteiger partial charge in [-0.2, -0.15) is 0 Å². The number of amides is 5. The Kier molecular flexibility index (Phi) is 9.48. The molecule has 1 aliphatic heterocycles. The minimum absolute atomic E-state index is 0.310. The van der Waals surface area contributed by atoms with Gasteiger partial charge in [0.05, 0.1) is 19.6 Å². The van der Waals surface area contributed by atoms with Crippen LogP contribution in [0.1, 0.15) is 28.4 Å². The topological polar surface area (TPSA) is 154 Å². The van der Waals surface area contributed by atoms with E-state index in [0.717, 1.165) is 12.0 Å². The van der Waals surface area contributed by atoms with E-state index in [9.17, 15) is 28.8 Å². The summed E-state index contributed by atoms with van der Waals surface area (Å²) in [6, 6.07) is 15.1. The van der Waals surface area contributed by atoms with Crippen molar-refractivity contribution in [1.29, 1.82) is 0 Å². The minimum atomic E-state index is -1.01. The zero-order valence-corrected chi connectivity index (χ0v) is 20.4. The van der Waals surface area contributed by atoms with E-state index in [-0.39, 0.29) is 19.0 Å². The summed E-state index contributed by atoms with van der Waals surface area (Å²) in [5.41, 5.74) is 2.62. The smallest absolute Gasteiger partial charge is 0.289 e. The number of benzene rings is 2. The SMILES string of the molecule is C[C@H](NC(=O)CNC(=O)c1ccccc1)C(=O)NCC(=O)C(=O)NCC(=O)N1CCc2ccccc2C1. The molecule has 1 heterocycles. The van der Waals surface area contributed by atoms with Crippen LogP contribution in [-0.4, -0.2) is 72.4 Å². The molecule has 0 saturated heterocycles. The molecule has 0 radical (unpaired) electrons. The van der Waals surface area contributed by atoms with Gasteiger partial charge < -0.3 is 26.2 Å². The first kappa shape index (κ1) is 27.1. The molecule has 0 saturated carbocycles. The second-order valence-corrected chi connectivity index (χ2v) is 8.50. The molecule has 37 heavy (non-hydrogen) atoms. The van der Waals surface area contributed by atoms with Gasteiger partial charge in [-0.05, 0) is 36.6 Å². The van der Waals surface area contributed by atoms with Crippen molar-refractivity contribution in [3.05, 3.63) is 71.3 Å². The van der Waals surface area contributed by atoms with Crippen molar-refractivity contribution in [2.45, 2.75) is 25.9 Å². The lowest BCUT2D eigenvalue weighted by Gasteiger charge is -2.28. The molecule has 194 valence electrons. The third-order valence-corrected chi connectivity index (χ3v) is 5.78. The summed E-state index contributed by atoms with van der Waals surface area (Å²) >= 11 is 0. The Bertz CT molecular complexity index is 1180. The lowest BCUT2D eigenvalue weighted by atomic mass is 10.00. The molecule has 0 fully saturated rings. The van der Waals surface area contributed by atoms with Gasteiger partial charge in [0.25, 0.3) is 11.8 Å². The standard InChI is InChI=1S/C26H29N5O6/c1-17(30-22(33)14-28-25(36)19-8-3-2-4-9-19)24(35)27-13-21(32)26(37)29-15-23(34)31-12-11-18-7-5-6-10-20(18)16-31/h2-10,17H,11-16H2,1H3,(H,27,35)(H,28,36)(H,29,37)(H,30,33)/t17-/m0/s1. The molecule has 2 aromatic carbocycles. The van der Waals surface area contributed by atoms with Gasteiger partial charge in [-0.25, -0.2) is 0 Å². The van der Waals surface area contributed by atoms with Gasteiger partial charge in [-0.3, -0.25) is 28.8 Å². The Morgan fingerprint density at radius 2 is 1.49 bits per heavy atom. The maximum Gasteiger partial charge on any atom is 0.289 e. The molecule has 3 rings (SSSR count). The number of fused-ring (bicyclic) bond motifs is 1. The Hall–Kier alpha value is -4.54. The number of carbonyl (C=O) groups is 6. The number of nitrogens with one attached hydrogen (secondary N) is 4. The monoisotopic (exact) mass is 507 g/mol. The van der Waals surface area contributed by atoms with Gasteiger partial charge in [-0.1, -0.05) is 42.5 Å². The van der Waals surface area contributed by atoms with Crippen LogP contribution < -0.4 is 21.3 Å². The molecular formula is C26H29N5O6. The van der Waals surface area contributed by atoms with E-state index in [1.165, 1.54) is 12.5 Å². The van der Waals surface area contributed by atoms with E-state index in [4.69, 9.17) is 0 Å². The number of nitrogens with zero attached hydrogens (tertiary/aromatic N) is 1. The van der Waals surface area contributed by atoms with Crippen molar-refractivity contribution < 1.29 is 28.8 Å². The van der Waals surface area contributed by atoms with Crippen LogP contribution in [0, 0.1) is 0 Å². The molecule has 0 bridgehead atoms. The highest BCUT2D eigenvalue weighted by molar-refractivity contribution is 6.37. The molecule has 0 spiro atoms. The molecular weight excluding hydrogens is 478 g/mol. The highest BCUT2D eigenvalue weighted by Crippen LogP contribution is 2.18. The highest BCUT2D eigenvalue weighted by Gasteiger charge is 2.23. The number of rotatable bonds is 10. The number of ketones is 1. The summed E-state index contributed by atoms with van der Waals surface area (Å²) in [5, 5.41) is 9.40. The van der Waals surface area contributed by atoms with Gasteiger partial charge in [0.1, 0.15) is 6.04 Å². The molecule has 0 aromatic heterocycles. The van der Waals surface area contributed by atoms with Crippen LogP contribution in [-0.2, 0) is 36.9 Å². The fraction of sp³-hybridized carbons (Fsp3) is 0.308. The average Bonchev–Trinajstić information content (AvgIpc) is 2.92. The quantitative estimate of drug-likeness (QED) is 0.312. The molecule has 5 amide bonds. The summed E-state index contributed by atoms with van der Waals surface area (Å²) in [6.45, 7) is 1.09. The Balaban J connectivity index is 1.33. The fourth-order valence-electron chi connectivity index (χ4n) is 3.69. The first-order valence-electron chi connectivity index (χ1n) is 11.8. The number of hydrogen-bond donors (Lipinski definition) is 4. The second-order valence-electron chi connectivity index (χ2n) is 8.50. The average molecular weight is 508 g/mol. The Morgan fingerprint density at radius 3 is 2.22 bits per heavy atom. The van der Waals surface area contributed by atoms with Crippen LogP contribution in [0.15, 0.2) is 54.6 Å². The maximum atomic E-state index is 12.4. The number of Topliss-reactive ketones (excluding diaryl/α,β-unsaturated/α-hetero) is 1. The summed E-state index contributed by atoms with van der Waals surface area (Å²) in [7, 11) is 0. The summed E-state index contributed by atoms with van der Waals surface area (Å²) in [6.07, 6.45) is 0.717. The van der Waals surface area contributed by atoms with Crippen molar-refractivity contribution in [1.82, 2.24) is 26.2 Å². The second kappa shape index (κ2) is 13.0. The van der Waals surface area contributed by atoms with E-state index in [1.54, 1.807) is 35.2 Å². The van der Waals surface area contributed by atoms with Crippen molar-refractivity contribution >= 4 is 35.3 Å². The molecule has 0 unspecified atom stereocenters. The fourth-order valence-corrected chi connectivity index (χ4v) is 3.69. The third kappa shape index (κ3) is 7.99. The summed E-state index contributed by atoms with van der Waals surface area (Å²) in [5.74, 6) is -3.96. The van der Waals surface area contributed by atoms with E-state index in [2.05, 4.69) is 21.3 Å². The molecule has 11 heteroatoms. The van der Waals surface area contributed by atoms with Crippen molar-refractivity contribution in [3.63, 3.8) is 0 Å². The molecule has 1 aliphatic rings. The minimum Gasteiger partial charge on any atom is -0.347 e. The van der Waals surface area contributed by atoms with Gasteiger partial charge in [0, 0.05) is 18.7 Å². The predicted octanol–water partition coefficient (Wildman–Crippen LogP) is -0.692. The number of carbonyl (C=O) groups excluding carboxylic acids is 6. The van der Waals surface area contributed by atoms with Crippen molar-refractivity contribution in [2.24, 2.45) is 0 Å². The zero-order valence-electron chi connectivity index (χ0n) is 20.4. The van der Waals surface area contributed by atoms with E-state index in [1.807, 2.05) is 24.3 Å². The van der Waals surface area contributed by atoms with Crippen LogP contribution in [0.25, 0.3) is 0 Å². The van der Waals surface area contributed by atoms with E-state index in [0.29, 0.717) is 18.7 Å². The van der Waals surface area contributed by atoms with Crippen LogP contribution >= 0.6 is 0 Å². The largest absolute Gasteiger partial charge is 0.347 e. The predicted molar refractivity (Wildman–Crippen MR) is 133 cm³/mol. The lowest BCUT2D eigenvalue weighted by molar-refractivity contribution is -0.140. The lowest BCUT2D eigenvalue weighted by Crippen LogP contribution is -2.50. The van der Waals surface area contributed by atoms with Crippen LogP contribution in [0.4, 0.5) is 0 Å². The van der Waals surface area contributed by atoms with Gasteiger partial charge >= 0.3 is 0 Å². The number of hydrogen-bond acceptors (Lipinski definition) is 6. The molecule has 4 N–H and O–H groups in total. The maximum absolute atomic E-state index is 12.4. The molecule has 1 atom stereocenters. The van der Waals surface area contributed by atoms with Gasteiger partial charge in [0.15, 0.2) is 0 Å². The Morgan fingerprint density at radius 1 is 0.811 bits per heavy atom. The first-order valence-corrected chi connectivity index (χ1v) is 11.8. The van der Waals surface area contributed by atoms with Crippen LogP contribution in [0.3, 0.4) is 0 Å². The van der Waals surface area contributed by atoms with Crippen molar-refractivity contribution in [3.8, 4) is 0 Å². The van der Waals surface area contributed by atoms with Crippen LogP contribution in [0.5, 0.6) is 0 Å². The normalized spacial score (nSPS) is 12.9. The Labute approximate surface area is 214 Å². The van der Waals surface area contributed by atoms with Crippen molar-refractivity contribution in [2.75, 3.05) is 26.2 Å². The molecule has 2 aromatic rings. The van der Waals surface area contributed by atoms with E-state index >= 15 is 0 Å².